The zero-order valence-electron chi connectivity index (χ0n) is 21.3. The van der Waals surface area contributed by atoms with Crippen molar-refractivity contribution in [1.29, 1.82) is 0 Å². The molecule has 1 heterocycles. The molecule has 0 saturated carbocycles. The summed E-state index contributed by atoms with van der Waals surface area (Å²) in [6, 6.07) is 11.2. The number of anilines is 1. The summed E-state index contributed by atoms with van der Waals surface area (Å²) in [5.74, 6) is 0. The van der Waals surface area contributed by atoms with E-state index in [1.807, 2.05) is 49.3 Å². The van der Waals surface area contributed by atoms with E-state index >= 15 is 0 Å². The van der Waals surface area contributed by atoms with Gasteiger partial charge in [-0.2, -0.15) is 0 Å². The fourth-order valence-electron chi connectivity index (χ4n) is 3.84. The molecule has 2 aromatic carbocycles. The Kier molecular flexibility index (Phi) is 26.0. The Balaban J connectivity index is -0.000000907. The molecule has 10 nitrogen and oxygen atoms in total. The normalized spacial score (nSPS) is 14.9. The zero-order valence-corrected chi connectivity index (χ0v) is 25.4. The molecule has 1 aliphatic heterocycles. The standard InChI is InChI=1S/C22H36N6O2S.4ClH.2H2O/c1-27(2)21-7-3-6-20-19(21)5-4-8-22(20)31(29,30)26-15-18-28-16-13-24-11-9-23-10-12-25-14-17-28;;;;;;/h3-8,23-26H,9-18H2,1-2H3;4*1H;2*1H2. The monoisotopic (exact) mass is 628 g/mol. The van der Waals surface area contributed by atoms with Gasteiger partial charge in [-0.25, -0.2) is 13.1 Å². The molecule has 1 aliphatic rings. The molecule has 8 N–H and O–H groups in total. The van der Waals surface area contributed by atoms with Crippen LogP contribution < -0.4 is 25.6 Å². The van der Waals surface area contributed by atoms with E-state index in [1.54, 1.807) is 6.07 Å². The smallest absolute Gasteiger partial charge is 0.241 e. The molecule has 2 aromatic rings. The summed E-state index contributed by atoms with van der Waals surface area (Å²) in [5, 5.41) is 11.9. The minimum absolute atomic E-state index is 0. The van der Waals surface area contributed by atoms with Crippen LogP contribution >= 0.6 is 49.6 Å². The Bertz CT molecular complexity index is 948. The fourth-order valence-corrected chi connectivity index (χ4v) is 5.08. The van der Waals surface area contributed by atoms with Gasteiger partial charge in [0.25, 0.3) is 0 Å². The van der Waals surface area contributed by atoms with E-state index in [-0.39, 0.29) is 60.6 Å². The highest BCUT2D eigenvalue weighted by Gasteiger charge is 2.18. The van der Waals surface area contributed by atoms with Crippen LogP contribution in [0.2, 0.25) is 0 Å². The summed E-state index contributed by atoms with van der Waals surface area (Å²) in [4.78, 5) is 4.63. The number of halogens is 4. The Morgan fingerprint density at radius 1 is 0.784 bits per heavy atom. The topological polar surface area (TPSA) is 152 Å². The highest BCUT2D eigenvalue weighted by molar-refractivity contribution is 7.89. The number of hydrogen-bond acceptors (Lipinski definition) is 7. The number of hydrogen-bond donors (Lipinski definition) is 4. The highest BCUT2D eigenvalue weighted by Crippen LogP contribution is 2.29. The molecule has 15 heteroatoms. The fraction of sp³-hybridized carbons (Fsp3) is 0.545. The molecular weight excluding hydrogens is 586 g/mol. The van der Waals surface area contributed by atoms with Gasteiger partial charge in [0.05, 0.1) is 4.90 Å². The van der Waals surface area contributed by atoms with Gasteiger partial charge in [-0.3, -0.25) is 4.90 Å². The second-order valence-corrected chi connectivity index (χ2v) is 9.75. The van der Waals surface area contributed by atoms with Gasteiger partial charge in [-0.1, -0.05) is 24.3 Å². The third-order valence-corrected chi connectivity index (χ3v) is 7.04. The number of rotatable bonds is 6. The van der Waals surface area contributed by atoms with E-state index < -0.39 is 10.0 Å². The third kappa shape index (κ3) is 13.3. The Labute approximate surface area is 246 Å². The van der Waals surface area contributed by atoms with Gasteiger partial charge < -0.3 is 31.8 Å². The first-order valence-electron chi connectivity index (χ1n) is 11.0. The van der Waals surface area contributed by atoms with Crippen molar-refractivity contribution in [3.8, 4) is 0 Å². The van der Waals surface area contributed by atoms with Crippen molar-refractivity contribution < 1.29 is 19.4 Å². The molecule has 0 aromatic heterocycles. The van der Waals surface area contributed by atoms with Crippen LogP contribution in [0, 0.1) is 0 Å². The SMILES string of the molecule is CN(C)c1cccc2c(S(=O)(=O)NCCN3CCNCCNCCNCC3)cccc12.Cl.Cl.Cl.Cl.O.O. The number of nitrogens with zero attached hydrogens (tertiary/aromatic N) is 2. The van der Waals surface area contributed by atoms with Gasteiger partial charge in [0.1, 0.15) is 0 Å². The summed E-state index contributed by atoms with van der Waals surface area (Å²) in [7, 11) is 0.323. The van der Waals surface area contributed by atoms with Crippen molar-refractivity contribution in [2.45, 2.75) is 4.90 Å². The summed E-state index contributed by atoms with van der Waals surface area (Å²) < 4.78 is 29.0. The maximum Gasteiger partial charge on any atom is 0.241 e. The van der Waals surface area contributed by atoms with Crippen LogP contribution in [-0.4, -0.2) is 104 Å². The van der Waals surface area contributed by atoms with Crippen molar-refractivity contribution in [1.82, 2.24) is 25.6 Å². The average Bonchev–Trinajstić information content (AvgIpc) is 2.74. The Hall–Kier alpha value is -0.670. The minimum atomic E-state index is -3.60. The van der Waals surface area contributed by atoms with E-state index in [1.165, 1.54) is 0 Å². The van der Waals surface area contributed by atoms with Crippen LogP contribution in [-0.2, 0) is 10.0 Å². The molecule has 1 saturated heterocycles. The van der Waals surface area contributed by atoms with Crippen molar-refractivity contribution in [2.24, 2.45) is 0 Å². The molecule has 0 unspecified atom stereocenters. The maximum absolute atomic E-state index is 13.1. The van der Waals surface area contributed by atoms with Crippen LogP contribution in [0.3, 0.4) is 0 Å². The minimum Gasteiger partial charge on any atom is -0.412 e. The van der Waals surface area contributed by atoms with Crippen LogP contribution in [0.1, 0.15) is 0 Å². The zero-order chi connectivity index (χ0) is 22.1. The summed E-state index contributed by atoms with van der Waals surface area (Å²) in [6.07, 6.45) is 0. The molecule has 0 bridgehead atoms. The van der Waals surface area contributed by atoms with E-state index in [9.17, 15) is 8.42 Å². The van der Waals surface area contributed by atoms with Gasteiger partial charge in [0.2, 0.25) is 10.0 Å². The number of sulfonamides is 1. The average molecular weight is 631 g/mol. The first kappa shape index (κ1) is 43.4. The van der Waals surface area contributed by atoms with Crippen LogP contribution in [0.15, 0.2) is 41.3 Å². The van der Waals surface area contributed by atoms with Gasteiger partial charge in [0, 0.05) is 96.0 Å². The van der Waals surface area contributed by atoms with Crippen LogP contribution in [0.5, 0.6) is 0 Å². The molecule has 0 spiro atoms. The van der Waals surface area contributed by atoms with E-state index in [2.05, 4.69) is 25.6 Å². The molecule has 0 radical (unpaired) electrons. The Morgan fingerprint density at radius 3 is 1.81 bits per heavy atom. The molecule has 0 atom stereocenters. The van der Waals surface area contributed by atoms with E-state index in [0.29, 0.717) is 18.0 Å². The highest BCUT2D eigenvalue weighted by atomic mass is 35.5. The molecule has 0 aliphatic carbocycles. The Morgan fingerprint density at radius 2 is 1.27 bits per heavy atom. The lowest BCUT2D eigenvalue weighted by Gasteiger charge is -2.24. The van der Waals surface area contributed by atoms with Gasteiger partial charge >= 0.3 is 0 Å². The number of fused-ring (bicyclic) bond motifs is 1. The molecule has 3 rings (SSSR count). The van der Waals surface area contributed by atoms with Gasteiger partial charge in [0.15, 0.2) is 0 Å². The predicted molar refractivity (Wildman–Crippen MR) is 165 cm³/mol. The third-order valence-electron chi connectivity index (χ3n) is 5.52. The van der Waals surface area contributed by atoms with Crippen molar-refractivity contribution in [3.05, 3.63) is 36.4 Å². The molecule has 37 heavy (non-hydrogen) atoms. The number of benzene rings is 2. The maximum atomic E-state index is 13.1. The second kappa shape index (κ2) is 22.2. The molecule has 1 fully saturated rings. The summed E-state index contributed by atoms with van der Waals surface area (Å²) in [5.41, 5.74) is 1.00. The first-order valence-corrected chi connectivity index (χ1v) is 12.5. The van der Waals surface area contributed by atoms with Crippen molar-refractivity contribution in [2.75, 3.05) is 84.4 Å². The van der Waals surface area contributed by atoms with Gasteiger partial charge in [-0.05, 0) is 12.1 Å². The molecule has 0 amide bonds. The lowest BCUT2D eigenvalue weighted by Crippen LogP contribution is -2.44. The van der Waals surface area contributed by atoms with Gasteiger partial charge in [-0.15, -0.1) is 49.6 Å². The summed E-state index contributed by atoms with van der Waals surface area (Å²) >= 11 is 0. The van der Waals surface area contributed by atoms with Crippen LogP contribution in [0.25, 0.3) is 10.8 Å². The predicted octanol–water partition coefficient (Wildman–Crippen LogP) is 0.306. The molecule has 220 valence electrons. The van der Waals surface area contributed by atoms with Crippen molar-refractivity contribution >= 4 is 76.1 Å². The lowest BCUT2D eigenvalue weighted by atomic mass is 10.1. The summed E-state index contributed by atoms with van der Waals surface area (Å²) in [6.45, 7) is 8.43. The largest absolute Gasteiger partial charge is 0.412 e. The number of nitrogens with one attached hydrogen (secondary N) is 4. The van der Waals surface area contributed by atoms with E-state index in [0.717, 1.165) is 68.8 Å². The lowest BCUT2D eigenvalue weighted by molar-refractivity contribution is 0.275. The molecular formula is C22H44Cl4N6O4S. The van der Waals surface area contributed by atoms with Crippen LogP contribution in [0.4, 0.5) is 5.69 Å². The van der Waals surface area contributed by atoms with E-state index in [4.69, 9.17) is 0 Å². The first-order chi connectivity index (χ1) is 15.0. The van der Waals surface area contributed by atoms with Crippen molar-refractivity contribution in [3.63, 3.8) is 0 Å². The second-order valence-electron chi connectivity index (χ2n) is 8.01. The quantitative estimate of drug-likeness (QED) is 0.359.